The average Bonchev–Trinajstić information content (AvgIpc) is 3.71. The molecule has 0 bridgehead atoms. The minimum absolute atomic E-state index is 0.0935. The number of ether oxygens (including phenoxy) is 5. The predicted molar refractivity (Wildman–Crippen MR) is 161 cm³/mol. The van der Waals surface area contributed by atoms with Crippen LogP contribution in [0, 0.1) is 0 Å². The van der Waals surface area contributed by atoms with Crippen molar-refractivity contribution < 1.29 is 52.3 Å². The number of imidazole rings is 1. The third kappa shape index (κ3) is 7.85. The second kappa shape index (κ2) is 14.8. The summed E-state index contributed by atoms with van der Waals surface area (Å²) in [7, 11) is 1.28. The number of nitrogen functional groups attached to an aromatic ring is 1. The smallest absolute Gasteiger partial charge is 0.432 e. The summed E-state index contributed by atoms with van der Waals surface area (Å²) in [6.45, 7) is -2.26. The summed E-state index contributed by atoms with van der Waals surface area (Å²) in [5.74, 6) is -0.375. The minimum Gasteiger partial charge on any atom is -0.432 e. The van der Waals surface area contributed by atoms with Crippen molar-refractivity contribution in [3.8, 4) is 0 Å². The summed E-state index contributed by atoms with van der Waals surface area (Å²) in [4.78, 5) is 50.5. The van der Waals surface area contributed by atoms with E-state index in [1.165, 1.54) is 26.0 Å². The third-order valence-electron chi connectivity index (χ3n) is 7.13. The van der Waals surface area contributed by atoms with Crippen molar-refractivity contribution in [3.05, 3.63) is 45.8 Å². The molecule has 2 aliphatic rings. The monoisotopic (exact) mass is 703 g/mol. The standard InChI is InChI=1S/C25H34N7O13PS/c1-12(2)42-25(37)40-11-47-46(38,45-19-14(7-33)44-23(20(19)39-3)31-5-4-16(35)30-24(31)36)41-8-15-13(34)6-17(43-15)32-10-29-18-21(26)27-9-28-22(18)32/h4-5,9-10,12-15,17,19-20,23,33-34H,6-8,11H2,1-3H3,(H2,26,27,28)(H,30,35,36)/t13-,14-,15-,17-,19?,20+,23-,46+/m1/s1. The molecule has 0 spiro atoms. The van der Waals surface area contributed by atoms with Crippen LogP contribution in [0.4, 0.5) is 10.6 Å². The summed E-state index contributed by atoms with van der Waals surface area (Å²) < 4.78 is 55.8. The van der Waals surface area contributed by atoms with Crippen LogP contribution in [0.1, 0.15) is 32.7 Å². The lowest BCUT2D eigenvalue weighted by Crippen LogP contribution is -2.39. The molecule has 0 aliphatic carbocycles. The number of carbonyl (C=O) groups is 1. The molecule has 2 aliphatic heterocycles. The molecule has 1 unspecified atom stereocenters. The number of aromatic amines is 1. The molecule has 2 saturated heterocycles. The summed E-state index contributed by atoms with van der Waals surface area (Å²) >= 11 is 0.476. The van der Waals surface area contributed by atoms with E-state index < -0.39 is 92.4 Å². The molecular weight excluding hydrogens is 669 g/mol. The molecule has 258 valence electrons. The van der Waals surface area contributed by atoms with Gasteiger partial charge in [-0.1, -0.05) is 0 Å². The van der Waals surface area contributed by atoms with Crippen LogP contribution in [-0.2, 0) is 37.3 Å². The Morgan fingerprint density at radius 1 is 1.21 bits per heavy atom. The zero-order chi connectivity index (χ0) is 33.9. The van der Waals surface area contributed by atoms with Gasteiger partial charge in [-0.2, -0.15) is 0 Å². The number of H-pyrrole nitrogens is 1. The van der Waals surface area contributed by atoms with Gasteiger partial charge in [-0.3, -0.25) is 28.0 Å². The lowest BCUT2D eigenvalue weighted by atomic mass is 10.1. The Labute approximate surface area is 269 Å². The number of anilines is 1. The molecule has 3 aromatic rings. The summed E-state index contributed by atoms with van der Waals surface area (Å²) in [5, 5.41) is 20.9. The van der Waals surface area contributed by atoms with Gasteiger partial charge in [-0.05, 0) is 13.8 Å². The highest BCUT2D eigenvalue weighted by Crippen LogP contribution is 2.63. The largest absolute Gasteiger partial charge is 0.509 e. The molecule has 5 rings (SSSR count). The van der Waals surface area contributed by atoms with Gasteiger partial charge in [-0.25, -0.2) is 29.1 Å². The highest BCUT2D eigenvalue weighted by molar-refractivity contribution is 8.55. The Hall–Kier alpha value is -3.40. The van der Waals surface area contributed by atoms with Crippen LogP contribution in [0.5, 0.6) is 0 Å². The number of nitrogens with one attached hydrogen (secondary N) is 1. The SMILES string of the molecule is CO[C@H]1C(O[P@](=O)(OC[C@H]2O[C@@H](n3cnc4c(N)ncnc43)C[C@H]2O)SCOC(=O)OC(C)C)[C@@H](CO)O[C@H]1n1ccc(=O)[nH]c1=O. The number of aromatic nitrogens is 6. The molecular formula is C25H34N7O13PS. The van der Waals surface area contributed by atoms with E-state index in [2.05, 4.69) is 19.9 Å². The first kappa shape index (κ1) is 34.9. The van der Waals surface area contributed by atoms with Crippen molar-refractivity contribution in [1.29, 1.82) is 0 Å². The highest BCUT2D eigenvalue weighted by Gasteiger charge is 2.51. The Morgan fingerprint density at radius 2 is 2.00 bits per heavy atom. The number of rotatable bonds is 13. The Kier molecular flexibility index (Phi) is 11.0. The molecule has 5 N–H and O–H groups in total. The van der Waals surface area contributed by atoms with Gasteiger partial charge in [0.2, 0.25) is 0 Å². The number of hydrogen-bond acceptors (Lipinski definition) is 18. The number of nitrogens with two attached hydrogens (primary N) is 1. The maximum absolute atomic E-state index is 14.2. The van der Waals surface area contributed by atoms with Gasteiger partial charge in [0.1, 0.15) is 42.5 Å². The van der Waals surface area contributed by atoms with E-state index >= 15 is 0 Å². The van der Waals surface area contributed by atoms with Gasteiger partial charge in [0, 0.05) is 37.2 Å². The zero-order valence-corrected chi connectivity index (χ0v) is 27.0. The topological polar surface area (TPSA) is 264 Å². The fourth-order valence-electron chi connectivity index (χ4n) is 4.98. The van der Waals surface area contributed by atoms with Gasteiger partial charge in [-0.15, -0.1) is 0 Å². The highest BCUT2D eigenvalue weighted by atomic mass is 32.7. The first-order chi connectivity index (χ1) is 22.4. The van der Waals surface area contributed by atoms with Crippen molar-refractivity contribution in [2.45, 2.75) is 69.3 Å². The summed E-state index contributed by atoms with van der Waals surface area (Å²) in [6.07, 6.45) is -5.23. The van der Waals surface area contributed by atoms with E-state index in [0.29, 0.717) is 22.5 Å². The van der Waals surface area contributed by atoms with Gasteiger partial charge >= 0.3 is 18.6 Å². The normalized spacial score (nSPS) is 27.3. The van der Waals surface area contributed by atoms with Crippen molar-refractivity contribution in [1.82, 2.24) is 29.1 Å². The van der Waals surface area contributed by atoms with Crippen LogP contribution in [0.15, 0.2) is 34.5 Å². The first-order valence-corrected chi connectivity index (χ1v) is 17.3. The molecule has 0 amide bonds. The minimum atomic E-state index is -4.38. The number of fused-ring (bicyclic) bond motifs is 1. The van der Waals surface area contributed by atoms with Crippen molar-refractivity contribution in [2.24, 2.45) is 0 Å². The molecule has 47 heavy (non-hydrogen) atoms. The average molecular weight is 704 g/mol. The maximum Gasteiger partial charge on any atom is 0.509 e. The van der Waals surface area contributed by atoms with E-state index in [1.807, 2.05) is 0 Å². The zero-order valence-electron chi connectivity index (χ0n) is 25.3. The molecule has 0 aromatic carbocycles. The Balaban J connectivity index is 1.34. The van der Waals surface area contributed by atoms with E-state index in [9.17, 15) is 29.2 Å². The lowest BCUT2D eigenvalue weighted by Gasteiger charge is -2.28. The summed E-state index contributed by atoms with van der Waals surface area (Å²) in [5.41, 5.74) is 5.13. The van der Waals surface area contributed by atoms with Crippen molar-refractivity contribution >= 4 is 41.3 Å². The van der Waals surface area contributed by atoms with Crippen molar-refractivity contribution in [2.75, 3.05) is 32.0 Å². The van der Waals surface area contributed by atoms with Crippen LogP contribution in [0.3, 0.4) is 0 Å². The Bertz CT molecular complexity index is 1720. The predicted octanol–water partition coefficient (Wildman–Crippen LogP) is 0.274. The van der Waals surface area contributed by atoms with E-state index in [-0.39, 0.29) is 12.2 Å². The molecule has 5 heterocycles. The number of carbonyl (C=O) groups excluding carboxylic acids is 1. The molecule has 0 saturated carbocycles. The quantitative estimate of drug-likeness (QED) is 0.106. The molecule has 2 fully saturated rings. The van der Waals surface area contributed by atoms with Crippen molar-refractivity contribution in [3.63, 3.8) is 0 Å². The molecule has 22 heteroatoms. The molecule has 0 radical (unpaired) electrons. The first-order valence-electron chi connectivity index (χ1n) is 14.2. The number of aliphatic hydroxyl groups excluding tert-OH is 2. The van der Waals surface area contributed by atoms with Crippen LogP contribution < -0.4 is 17.0 Å². The van der Waals surface area contributed by atoms with Gasteiger partial charge < -0.3 is 39.6 Å². The van der Waals surface area contributed by atoms with E-state index in [1.54, 1.807) is 18.4 Å². The van der Waals surface area contributed by atoms with Crippen LogP contribution in [0.25, 0.3) is 11.2 Å². The second-order valence-corrected chi connectivity index (χ2v) is 14.6. The number of nitrogens with zero attached hydrogens (tertiary/aromatic N) is 5. The molecule has 3 aromatic heterocycles. The lowest BCUT2D eigenvalue weighted by molar-refractivity contribution is -0.0625. The number of aliphatic hydroxyl groups is 2. The van der Waals surface area contributed by atoms with Gasteiger partial charge in [0.15, 0.2) is 23.6 Å². The maximum atomic E-state index is 14.2. The van der Waals surface area contributed by atoms with E-state index in [4.69, 9.17) is 38.5 Å². The summed E-state index contributed by atoms with van der Waals surface area (Å²) in [6, 6.07) is 1.09. The number of hydrogen-bond donors (Lipinski definition) is 4. The van der Waals surface area contributed by atoms with Gasteiger partial charge in [0.25, 0.3) is 5.56 Å². The molecule has 8 atom stereocenters. The van der Waals surface area contributed by atoms with Crippen LogP contribution in [-0.4, -0.2) is 108 Å². The van der Waals surface area contributed by atoms with Gasteiger partial charge in [0.05, 0.1) is 31.7 Å². The fourth-order valence-corrected chi connectivity index (χ4v) is 7.77. The molecule has 20 nitrogen and oxygen atoms in total. The fraction of sp³-hybridized carbons (Fsp3) is 0.600. The Morgan fingerprint density at radius 3 is 2.70 bits per heavy atom. The second-order valence-electron chi connectivity index (χ2n) is 10.6. The number of methoxy groups -OCH3 is 1. The van der Waals surface area contributed by atoms with Crippen LogP contribution in [0.2, 0.25) is 0 Å². The van der Waals surface area contributed by atoms with Crippen LogP contribution >= 0.6 is 18.2 Å². The van der Waals surface area contributed by atoms with E-state index in [0.717, 1.165) is 10.6 Å². The third-order valence-corrected chi connectivity index (χ3v) is 10.5.